The lowest BCUT2D eigenvalue weighted by Gasteiger charge is -2.09. The molecule has 0 aliphatic rings. The van der Waals surface area contributed by atoms with Crippen molar-refractivity contribution in [2.24, 2.45) is 0 Å². The standard InChI is InChI=1S/C19H15ClN4O2S/c1-11-3-8-16-13(9-17(25)26-18(16)12(11)2)10-27-19-21-22-23-24(19)15-6-4-14(20)5-7-15/h3-9H,10H2,1-2H3. The molecule has 2 aromatic carbocycles. The van der Waals surface area contributed by atoms with E-state index in [-0.39, 0.29) is 5.63 Å². The van der Waals surface area contributed by atoms with Crippen LogP contribution < -0.4 is 5.63 Å². The number of aryl methyl sites for hydroxylation is 2. The van der Waals surface area contributed by atoms with Gasteiger partial charge in [-0.15, -0.1) is 5.10 Å². The summed E-state index contributed by atoms with van der Waals surface area (Å²) in [7, 11) is 0. The first kappa shape index (κ1) is 17.8. The van der Waals surface area contributed by atoms with Crippen molar-refractivity contribution in [2.75, 3.05) is 0 Å². The van der Waals surface area contributed by atoms with E-state index in [0.29, 0.717) is 21.5 Å². The molecule has 0 amide bonds. The zero-order valence-corrected chi connectivity index (χ0v) is 16.2. The number of fused-ring (bicyclic) bond motifs is 1. The number of benzene rings is 2. The summed E-state index contributed by atoms with van der Waals surface area (Å²) < 4.78 is 7.08. The van der Waals surface area contributed by atoms with Crippen molar-refractivity contribution >= 4 is 34.3 Å². The van der Waals surface area contributed by atoms with Crippen molar-refractivity contribution in [3.63, 3.8) is 0 Å². The third-order valence-electron chi connectivity index (χ3n) is 4.39. The van der Waals surface area contributed by atoms with Gasteiger partial charge in [-0.25, -0.2) is 4.79 Å². The highest BCUT2D eigenvalue weighted by molar-refractivity contribution is 7.98. The van der Waals surface area contributed by atoms with Gasteiger partial charge in [-0.2, -0.15) is 4.68 Å². The van der Waals surface area contributed by atoms with Crippen molar-refractivity contribution in [3.05, 3.63) is 74.6 Å². The lowest BCUT2D eigenvalue weighted by molar-refractivity contribution is 0.557. The van der Waals surface area contributed by atoms with Gasteiger partial charge in [0, 0.05) is 22.2 Å². The third kappa shape index (κ3) is 3.48. The second kappa shape index (κ2) is 7.17. The zero-order chi connectivity index (χ0) is 19.0. The Balaban J connectivity index is 1.67. The minimum absolute atomic E-state index is 0.357. The Kier molecular flexibility index (Phi) is 4.72. The topological polar surface area (TPSA) is 73.8 Å². The lowest BCUT2D eigenvalue weighted by Crippen LogP contribution is -2.02. The van der Waals surface area contributed by atoms with E-state index in [2.05, 4.69) is 15.5 Å². The Bertz CT molecular complexity index is 1180. The molecule has 0 fully saturated rings. The van der Waals surface area contributed by atoms with Gasteiger partial charge in [0.05, 0.1) is 5.69 Å². The van der Waals surface area contributed by atoms with Gasteiger partial charge in [0.15, 0.2) is 0 Å². The summed E-state index contributed by atoms with van der Waals surface area (Å²) in [6.45, 7) is 3.95. The molecule has 2 heterocycles. The Morgan fingerprint density at radius 3 is 2.70 bits per heavy atom. The van der Waals surface area contributed by atoms with Crippen LogP contribution in [0.2, 0.25) is 5.02 Å². The summed E-state index contributed by atoms with van der Waals surface area (Å²) in [6.07, 6.45) is 0. The molecule has 0 radical (unpaired) electrons. The number of tetrazole rings is 1. The highest BCUT2D eigenvalue weighted by atomic mass is 35.5. The molecule has 0 bridgehead atoms. The molecule has 27 heavy (non-hydrogen) atoms. The maximum Gasteiger partial charge on any atom is 0.336 e. The van der Waals surface area contributed by atoms with Gasteiger partial charge in [0.2, 0.25) is 5.16 Å². The Hall–Kier alpha value is -2.64. The number of hydrogen-bond acceptors (Lipinski definition) is 6. The molecule has 4 aromatic rings. The second-order valence-corrected chi connectivity index (χ2v) is 7.49. The fraction of sp³-hybridized carbons (Fsp3) is 0.158. The molecule has 0 unspecified atom stereocenters. The average molecular weight is 399 g/mol. The van der Waals surface area contributed by atoms with Crippen LogP contribution in [0.4, 0.5) is 0 Å². The molecule has 0 saturated carbocycles. The first-order valence-corrected chi connectivity index (χ1v) is 9.59. The Labute approximate surface area is 164 Å². The Morgan fingerprint density at radius 1 is 1.15 bits per heavy atom. The molecule has 6 nitrogen and oxygen atoms in total. The second-order valence-electron chi connectivity index (χ2n) is 6.11. The van der Waals surface area contributed by atoms with Crippen LogP contribution in [0.25, 0.3) is 16.7 Å². The number of rotatable bonds is 4. The predicted molar refractivity (Wildman–Crippen MR) is 106 cm³/mol. The molecule has 4 rings (SSSR count). The molecule has 0 N–H and O–H groups in total. The normalized spacial score (nSPS) is 11.2. The largest absolute Gasteiger partial charge is 0.422 e. The van der Waals surface area contributed by atoms with E-state index in [0.717, 1.165) is 27.8 Å². The maximum atomic E-state index is 12.0. The van der Waals surface area contributed by atoms with E-state index in [9.17, 15) is 4.79 Å². The molecule has 0 aliphatic carbocycles. The maximum absolute atomic E-state index is 12.0. The van der Waals surface area contributed by atoms with Gasteiger partial charge in [-0.3, -0.25) is 0 Å². The molecule has 0 aliphatic heterocycles. The van der Waals surface area contributed by atoms with Crippen molar-refractivity contribution in [2.45, 2.75) is 24.8 Å². The number of nitrogens with zero attached hydrogens (tertiary/aromatic N) is 4. The minimum atomic E-state index is -0.357. The minimum Gasteiger partial charge on any atom is -0.422 e. The van der Waals surface area contributed by atoms with Gasteiger partial charge in [0.1, 0.15) is 5.58 Å². The van der Waals surface area contributed by atoms with E-state index in [1.807, 2.05) is 38.1 Å². The van der Waals surface area contributed by atoms with Crippen molar-refractivity contribution in [1.82, 2.24) is 20.2 Å². The average Bonchev–Trinajstić information content (AvgIpc) is 3.12. The lowest BCUT2D eigenvalue weighted by atomic mass is 10.0. The fourth-order valence-electron chi connectivity index (χ4n) is 2.80. The summed E-state index contributed by atoms with van der Waals surface area (Å²) in [4.78, 5) is 12.0. The number of thioether (sulfide) groups is 1. The van der Waals surface area contributed by atoms with E-state index in [1.54, 1.807) is 16.8 Å². The molecule has 136 valence electrons. The van der Waals surface area contributed by atoms with Crippen LogP contribution in [0.5, 0.6) is 0 Å². The molecule has 0 spiro atoms. The van der Waals surface area contributed by atoms with Gasteiger partial charge in [0.25, 0.3) is 0 Å². The monoisotopic (exact) mass is 398 g/mol. The SMILES string of the molecule is Cc1ccc2c(CSc3nnnn3-c3ccc(Cl)cc3)cc(=O)oc2c1C. The van der Waals surface area contributed by atoms with Crippen LogP contribution in [0.15, 0.2) is 56.8 Å². The van der Waals surface area contributed by atoms with Crippen LogP contribution in [0.1, 0.15) is 16.7 Å². The fourth-order valence-corrected chi connectivity index (χ4v) is 3.81. The van der Waals surface area contributed by atoms with Crippen molar-refractivity contribution in [1.29, 1.82) is 0 Å². The van der Waals surface area contributed by atoms with Crippen molar-refractivity contribution < 1.29 is 4.42 Å². The van der Waals surface area contributed by atoms with E-state index in [1.165, 1.54) is 17.8 Å². The highest BCUT2D eigenvalue weighted by Crippen LogP contribution is 2.28. The number of aromatic nitrogens is 4. The summed E-state index contributed by atoms with van der Waals surface area (Å²) in [5, 5.41) is 14.1. The summed E-state index contributed by atoms with van der Waals surface area (Å²) in [5.41, 5.74) is 4.04. The Morgan fingerprint density at radius 2 is 1.93 bits per heavy atom. The summed E-state index contributed by atoms with van der Waals surface area (Å²) in [6, 6.07) is 12.8. The van der Waals surface area contributed by atoms with Gasteiger partial charge < -0.3 is 4.42 Å². The highest BCUT2D eigenvalue weighted by Gasteiger charge is 2.13. The van der Waals surface area contributed by atoms with Crippen molar-refractivity contribution in [3.8, 4) is 5.69 Å². The van der Waals surface area contributed by atoms with Gasteiger partial charge in [-0.05, 0) is 65.2 Å². The summed E-state index contributed by atoms with van der Waals surface area (Å²) >= 11 is 7.40. The van der Waals surface area contributed by atoms with Crippen LogP contribution >= 0.6 is 23.4 Å². The zero-order valence-electron chi connectivity index (χ0n) is 14.6. The summed E-state index contributed by atoms with van der Waals surface area (Å²) in [5.74, 6) is 0.540. The molecule has 2 aromatic heterocycles. The molecular formula is C19H15ClN4O2S. The van der Waals surface area contributed by atoms with E-state index in [4.69, 9.17) is 16.0 Å². The predicted octanol–water partition coefficient (Wildman–Crippen LogP) is 4.33. The van der Waals surface area contributed by atoms with Gasteiger partial charge in [-0.1, -0.05) is 35.5 Å². The smallest absolute Gasteiger partial charge is 0.336 e. The molecule has 0 saturated heterocycles. The molecule has 8 heteroatoms. The first-order valence-electron chi connectivity index (χ1n) is 8.23. The van der Waals surface area contributed by atoms with Gasteiger partial charge >= 0.3 is 5.63 Å². The third-order valence-corrected chi connectivity index (χ3v) is 5.61. The van der Waals surface area contributed by atoms with Crippen LogP contribution in [-0.2, 0) is 5.75 Å². The van der Waals surface area contributed by atoms with E-state index >= 15 is 0 Å². The molecule has 0 atom stereocenters. The van der Waals surface area contributed by atoms with Crippen LogP contribution in [-0.4, -0.2) is 20.2 Å². The van der Waals surface area contributed by atoms with E-state index < -0.39 is 0 Å². The van der Waals surface area contributed by atoms with Crippen LogP contribution in [0.3, 0.4) is 0 Å². The number of hydrogen-bond donors (Lipinski definition) is 0. The first-order chi connectivity index (χ1) is 13.0. The number of halogens is 1. The quantitative estimate of drug-likeness (QED) is 0.376. The van der Waals surface area contributed by atoms with Crippen LogP contribution in [0, 0.1) is 13.8 Å². The molecular weight excluding hydrogens is 384 g/mol.